The number of aliphatic carboxylic acids is 1. The van der Waals surface area contributed by atoms with Crippen LogP contribution in [0, 0.1) is 17.8 Å². The van der Waals surface area contributed by atoms with Crippen molar-refractivity contribution >= 4 is 11.9 Å². The Bertz CT molecular complexity index is 361. The van der Waals surface area contributed by atoms with E-state index >= 15 is 0 Å². The molecule has 1 amide bonds. The van der Waals surface area contributed by atoms with E-state index in [2.05, 4.69) is 18.7 Å². The molecule has 2 saturated carbocycles. The second kappa shape index (κ2) is 6.59. The number of hydrogen-bond donors (Lipinski definition) is 1. The molecule has 0 unspecified atom stereocenters. The summed E-state index contributed by atoms with van der Waals surface area (Å²) in [5.74, 6) is -0.425. The average Bonchev–Trinajstić information content (AvgIpc) is 3.05. The van der Waals surface area contributed by atoms with Gasteiger partial charge in [-0.25, -0.2) is 0 Å². The van der Waals surface area contributed by atoms with Crippen molar-refractivity contribution in [2.75, 3.05) is 6.54 Å². The zero-order valence-electron chi connectivity index (χ0n) is 12.7. The van der Waals surface area contributed by atoms with Gasteiger partial charge in [0.05, 0.1) is 5.92 Å². The summed E-state index contributed by atoms with van der Waals surface area (Å²) in [6.45, 7) is 5.10. The third-order valence-electron chi connectivity index (χ3n) is 4.74. The third-order valence-corrected chi connectivity index (χ3v) is 4.74. The van der Waals surface area contributed by atoms with E-state index in [9.17, 15) is 9.59 Å². The van der Waals surface area contributed by atoms with Gasteiger partial charge >= 0.3 is 5.97 Å². The van der Waals surface area contributed by atoms with Crippen LogP contribution in [-0.4, -0.2) is 34.5 Å². The molecule has 0 bridgehead atoms. The summed E-state index contributed by atoms with van der Waals surface area (Å²) in [6.07, 6.45) is 6.61. The van der Waals surface area contributed by atoms with Crippen molar-refractivity contribution < 1.29 is 14.7 Å². The Morgan fingerprint density at radius 2 is 1.70 bits per heavy atom. The van der Waals surface area contributed by atoms with Gasteiger partial charge < -0.3 is 10.0 Å². The highest BCUT2D eigenvalue weighted by Crippen LogP contribution is 2.34. The average molecular weight is 281 g/mol. The van der Waals surface area contributed by atoms with Crippen molar-refractivity contribution in [3.8, 4) is 0 Å². The van der Waals surface area contributed by atoms with Crippen LogP contribution in [0.3, 0.4) is 0 Å². The molecule has 0 radical (unpaired) electrons. The molecular formula is C16H27NO3. The Morgan fingerprint density at radius 3 is 2.20 bits per heavy atom. The smallest absolute Gasteiger partial charge is 0.306 e. The normalized spacial score (nSPS) is 27.1. The lowest BCUT2D eigenvalue weighted by Crippen LogP contribution is -2.44. The minimum atomic E-state index is -0.739. The lowest BCUT2D eigenvalue weighted by atomic mass is 10.0. The number of carbonyl (C=O) groups excluding carboxylic acids is 1. The first-order valence-electron chi connectivity index (χ1n) is 8.02. The minimum absolute atomic E-state index is 0.0598. The fourth-order valence-electron chi connectivity index (χ4n) is 3.69. The first kappa shape index (κ1) is 15.3. The molecule has 0 spiro atoms. The van der Waals surface area contributed by atoms with Crippen molar-refractivity contribution in [3.05, 3.63) is 0 Å². The van der Waals surface area contributed by atoms with Crippen LogP contribution >= 0.6 is 0 Å². The zero-order valence-corrected chi connectivity index (χ0v) is 12.7. The van der Waals surface area contributed by atoms with E-state index in [1.54, 1.807) is 0 Å². The van der Waals surface area contributed by atoms with Crippen LogP contribution in [0.15, 0.2) is 0 Å². The number of rotatable bonds is 5. The van der Waals surface area contributed by atoms with Crippen LogP contribution in [0.2, 0.25) is 0 Å². The van der Waals surface area contributed by atoms with E-state index in [1.165, 1.54) is 12.8 Å². The Labute approximate surface area is 121 Å². The van der Waals surface area contributed by atoms with Gasteiger partial charge in [0.15, 0.2) is 0 Å². The van der Waals surface area contributed by atoms with Crippen molar-refractivity contribution in [2.24, 2.45) is 17.8 Å². The molecule has 0 aliphatic heterocycles. The summed E-state index contributed by atoms with van der Waals surface area (Å²) in [4.78, 5) is 25.9. The predicted molar refractivity (Wildman–Crippen MR) is 77.3 cm³/mol. The maximum Gasteiger partial charge on any atom is 0.306 e. The van der Waals surface area contributed by atoms with Crippen LogP contribution in [0.5, 0.6) is 0 Å². The molecule has 2 aliphatic rings. The molecule has 114 valence electrons. The highest BCUT2D eigenvalue weighted by molar-refractivity contribution is 5.81. The third kappa shape index (κ3) is 3.53. The lowest BCUT2D eigenvalue weighted by molar-refractivity contribution is -0.142. The number of amides is 1. The SMILES string of the molecule is CC(C)CN(C(=O)[C@@H]1CC[C@H](C(=O)O)C1)C1CCCC1. The molecule has 2 atom stereocenters. The first-order chi connectivity index (χ1) is 9.49. The Morgan fingerprint density at radius 1 is 1.10 bits per heavy atom. The van der Waals surface area contributed by atoms with Crippen molar-refractivity contribution in [1.29, 1.82) is 0 Å². The van der Waals surface area contributed by atoms with E-state index < -0.39 is 5.97 Å². The maximum atomic E-state index is 12.8. The molecule has 0 saturated heterocycles. The van der Waals surface area contributed by atoms with Gasteiger partial charge in [-0.1, -0.05) is 26.7 Å². The van der Waals surface area contributed by atoms with Gasteiger partial charge in [-0.2, -0.15) is 0 Å². The van der Waals surface area contributed by atoms with Gasteiger partial charge in [0.2, 0.25) is 5.91 Å². The van der Waals surface area contributed by atoms with E-state index in [1.807, 2.05) is 0 Å². The van der Waals surface area contributed by atoms with Crippen molar-refractivity contribution in [1.82, 2.24) is 4.90 Å². The maximum absolute atomic E-state index is 12.8. The van der Waals surface area contributed by atoms with Gasteiger partial charge in [-0.15, -0.1) is 0 Å². The van der Waals surface area contributed by atoms with Gasteiger partial charge in [0, 0.05) is 18.5 Å². The molecule has 2 aliphatic carbocycles. The molecule has 20 heavy (non-hydrogen) atoms. The molecular weight excluding hydrogens is 254 g/mol. The topological polar surface area (TPSA) is 57.6 Å². The second-order valence-electron chi connectivity index (χ2n) is 6.87. The molecule has 4 heteroatoms. The molecule has 0 aromatic carbocycles. The molecule has 0 aromatic heterocycles. The molecule has 2 fully saturated rings. The Hall–Kier alpha value is -1.06. The predicted octanol–water partition coefficient (Wildman–Crippen LogP) is 2.91. The standard InChI is InChI=1S/C16H27NO3/c1-11(2)10-17(14-5-3-4-6-14)15(18)12-7-8-13(9-12)16(19)20/h11-14H,3-10H2,1-2H3,(H,19,20)/t12-,13+/m1/s1. The summed E-state index contributed by atoms with van der Waals surface area (Å²) < 4.78 is 0. The summed E-state index contributed by atoms with van der Waals surface area (Å²) in [5, 5.41) is 9.08. The van der Waals surface area contributed by atoms with E-state index in [0.717, 1.165) is 25.8 Å². The number of carboxylic acids is 1. The van der Waals surface area contributed by atoms with Crippen LogP contribution in [-0.2, 0) is 9.59 Å². The van der Waals surface area contributed by atoms with Crippen LogP contribution < -0.4 is 0 Å². The van der Waals surface area contributed by atoms with Gasteiger partial charge in [-0.05, 0) is 38.0 Å². The van der Waals surface area contributed by atoms with Crippen LogP contribution in [0.1, 0.15) is 58.8 Å². The van der Waals surface area contributed by atoms with Crippen molar-refractivity contribution in [3.63, 3.8) is 0 Å². The molecule has 4 nitrogen and oxygen atoms in total. The number of carbonyl (C=O) groups is 2. The van der Waals surface area contributed by atoms with Crippen LogP contribution in [0.25, 0.3) is 0 Å². The van der Waals surface area contributed by atoms with Crippen molar-refractivity contribution in [2.45, 2.75) is 64.8 Å². The quantitative estimate of drug-likeness (QED) is 0.843. The molecule has 1 N–H and O–H groups in total. The van der Waals surface area contributed by atoms with E-state index in [0.29, 0.717) is 24.8 Å². The van der Waals surface area contributed by atoms with E-state index in [4.69, 9.17) is 5.11 Å². The Balaban J connectivity index is 2.01. The zero-order chi connectivity index (χ0) is 14.7. The lowest BCUT2D eigenvalue weighted by Gasteiger charge is -2.33. The highest BCUT2D eigenvalue weighted by Gasteiger charge is 2.38. The number of hydrogen-bond acceptors (Lipinski definition) is 2. The monoisotopic (exact) mass is 281 g/mol. The summed E-state index contributed by atoms with van der Waals surface area (Å²) in [7, 11) is 0. The van der Waals surface area contributed by atoms with Gasteiger partial charge in [-0.3, -0.25) is 9.59 Å². The molecule has 0 heterocycles. The second-order valence-corrected chi connectivity index (χ2v) is 6.87. The molecule has 0 aromatic rings. The number of nitrogens with zero attached hydrogens (tertiary/aromatic N) is 1. The fourth-order valence-corrected chi connectivity index (χ4v) is 3.69. The van der Waals surface area contributed by atoms with Gasteiger partial charge in [0.25, 0.3) is 0 Å². The summed E-state index contributed by atoms with van der Waals surface area (Å²) in [5.41, 5.74) is 0. The summed E-state index contributed by atoms with van der Waals surface area (Å²) in [6, 6.07) is 0.397. The Kier molecular flexibility index (Phi) is 5.06. The van der Waals surface area contributed by atoms with Gasteiger partial charge in [0.1, 0.15) is 0 Å². The largest absolute Gasteiger partial charge is 0.481 e. The summed E-state index contributed by atoms with van der Waals surface area (Å²) >= 11 is 0. The fraction of sp³-hybridized carbons (Fsp3) is 0.875. The first-order valence-corrected chi connectivity index (χ1v) is 8.02. The minimum Gasteiger partial charge on any atom is -0.481 e. The molecule has 2 rings (SSSR count). The highest BCUT2D eigenvalue weighted by atomic mass is 16.4. The van der Waals surface area contributed by atoms with E-state index in [-0.39, 0.29) is 17.7 Å². The number of carboxylic acid groups (broad SMARTS) is 1. The van der Waals surface area contributed by atoms with Crippen LogP contribution in [0.4, 0.5) is 0 Å².